The number of rotatable bonds is 2. The van der Waals surface area contributed by atoms with Crippen LogP contribution in [0.15, 0.2) is 0 Å². The largest absolute Gasteiger partial charge is 0.393 e. The standard InChI is InChI=1S/C5H9FO3S/c6-5(1-7)4-2-10(8,9)3-4/h4-5,7H,1-3H2. The number of hydrogen-bond acceptors (Lipinski definition) is 3. The van der Waals surface area contributed by atoms with E-state index < -0.39 is 28.5 Å². The number of alkyl halides is 1. The van der Waals surface area contributed by atoms with Crippen LogP contribution in [-0.2, 0) is 9.84 Å². The molecule has 0 aromatic heterocycles. The molecule has 0 bridgehead atoms. The smallest absolute Gasteiger partial charge is 0.151 e. The van der Waals surface area contributed by atoms with Gasteiger partial charge < -0.3 is 5.11 Å². The molecule has 1 aliphatic heterocycles. The average molecular weight is 168 g/mol. The van der Waals surface area contributed by atoms with Gasteiger partial charge >= 0.3 is 0 Å². The summed E-state index contributed by atoms with van der Waals surface area (Å²) in [4.78, 5) is 0. The van der Waals surface area contributed by atoms with Crippen molar-refractivity contribution in [2.45, 2.75) is 6.17 Å². The van der Waals surface area contributed by atoms with Crippen LogP contribution in [0.4, 0.5) is 4.39 Å². The number of sulfone groups is 1. The second-order valence-electron chi connectivity index (χ2n) is 2.54. The van der Waals surface area contributed by atoms with E-state index in [0.717, 1.165) is 0 Å². The first-order valence-electron chi connectivity index (χ1n) is 3.00. The van der Waals surface area contributed by atoms with Crippen LogP contribution in [0, 0.1) is 5.92 Å². The highest BCUT2D eigenvalue weighted by Crippen LogP contribution is 2.23. The molecule has 0 aromatic carbocycles. The Kier molecular flexibility index (Phi) is 1.96. The Balaban J connectivity index is 2.40. The van der Waals surface area contributed by atoms with Crippen LogP contribution in [0.2, 0.25) is 0 Å². The third kappa shape index (κ3) is 1.46. The molecule has 0 aliphatic carbocycles. The summed E-state index contributed by atoms with van der Waals surface area (Å²) in [5.41, 5.74) is 0. The quantitative estimate of drug-likeness (QED) is 0.596. The van der Waals surface area contributed by atoms with Gasteiger partial charge in [0, 0.05) is 5.92 Å². The van der Waals surface area contributed by atoms with E-state index in [1.807, 2.05) is 0 Å². The molecule has 1 saturated heterocycles. The zero-order chi connectivity index (χ0) is 7.78. The fourth-order valence-electron chi connectivity index (χ4n) is 0.961. The predicted molar refractivity (Wildman–Crippen MR) is 34.1 cm³/mol. The molecule has 1 unspecified atom stereocenters. The number of aliphatic hydroxyl groups is 1. The van der Waals surface area contributed by atoms with E-state index in [1.54, 1.807) is 0 Å². The number of hydrogen-bond donors (Lipinski definition) is 1. The van der Waals surface area contributed by atoms with Gasteiger partial charge in [0.1, 0.15) is 6.17 Å². The summed E-state index contributed by atoms with van der Waals surface area (Å²) in [5, 5.41) is 8.27. The Morgan fingerprint density at radius 1 is 1.60 bits per heavy atom. The molecule has 10 heavy (non-hydrogen) atoms. The van der Waals surface area contributed by atoms with Gasteiger partial charge in [0.05, 0.1) is 18.1 Å². The lowest BCUT2D eigenvalue weighted by atomic mass is 10.1. The van der Waals surface area contributed by atoms with Crippen molar-refractivity contribution in [2.75, 3.05) is 18.1 Å². The lowest BCUT2D eigenvalue weighted by Gasteiger charge is -2.27. The maximum absolute atomic E-state index is 12.4. The van der Waals surface area contributed by atoms with Crippen molar-refractivity contribution in [1.29, 1.82) is 0 Å². The van der Waals surface area contributed by atoms with Gasteiger partial charge in [0.2, 0.25) is 0 Å². The Morgan fingerprint density at radius 3 is 2.40 bits per heavy atom. The molecule has 3 nitrogen and oxygen atoms in total. The Bertz CT molecular complexity index is 199. The second-order valence-corrected chi connectivity index (χ2v) is 4.69. The Hall–Kier alpha value is -0.160. The number of aliphatic hydroxyl groups excluding tert-OH is 1. The van der Waals surface area contributed by atoms with Gasteiger partial charge in [-0.15, -0.1) is 0 Å². The van der Waals surface area contributed by atoms with E-state index in [-0.39, 0.29) is 11.5 Å². The van der Waals surface area contributed by atoms with Crippen LogP contribution in [0.5, 0.6) is 0 Å². The molecule has 0 aromatic rings. The summed E-state index contributed by atoms with van der Waals surface area (Å²) in [6.45, 7) is -0.569. The highest BCUT2D eigenvalue weighted by atomic mass is 32.2. The summed E-state index contributed by atoms with van der Waals surface area (Å²) in [6.07, 6.45) is -1.36. The van der Waals surface area contributed by atoms with Gasteiger partial charge in [0.25, 0.3) is 0 Å². The van der Waals surface area contributed by atoms with Crippen molar-refractivity contribution in [3.63, 3.8) is 0 Å². The van der Waals surface area contributed by atoms with Crippen molar-refractivity contribution in [3.05, 3.63) is 0 Å². The maximum Gasteiger partial charge on any atom is 0.151 e. The summed E-state index contributed by atoms with van der Waals surface area (Å²) in [7, 11) is -2.94. The van der Waals surface area contributed by atoms with Crippen LogP contribution in [-0.4, -0.2) is 37.8 Å². The van der Waals surface area contributed by atoms with Gasteiger partial charge in [-0.1, -0.05) is 0 Å². The number of halogens is 1. The molecule has 60 valence electrons. The average Bonchev–Trinajstić information content (AvgIpc) is 1.81. The van der Waals surface area contributed by atoms with Crippen molar-refractivity contribution < 1.29 is 17.9 Å². The third-order valence-corrected chi connectivity index (χ3v) is 3.49. The molecule has 1 N–H and O–H groups in total. The lowest BCUT2D eigenvalue weighted by Crippen LogP contribution is -2.43. The van der Waals surface area contributed by atoms with E-state index in [1.165, 1.54) is 0 Å². The third-order valence-electron chi connectivity index (χ3n) is 1.62. The van der Waals surface area contributed by atoms with E-state index >= 15 is 0 Å². The summed E-state index contributed by atoms with van der Waals surface area (Å²) in [5.74, 6) is -0.668. The SMILES string of the molecule is O=S1(=O)CC(C(F)CO)C1. The molecule has 1 rings (SSSR count). The van der Waals surface area contributed by atoms with Gasteiger partial charge in [-0.25, -0.2) is 12.8 Å². The van der Waals surface area contributed by atoms with Gasteiger partial charge in [0.15, 0.2) is 9.84 Å². The molecule has 0 spiro atoms. The Labute approximate surface area is 58.8 Å². The fraction of sp³-hybridized carbons (Fsp3) is 1.00. The monoisotopic (exact) mass is 168 g/mol. The first-order chi connectivity index (χ1) is 4.55. The van der Waals surface area contributed by atoms with E-state index in [0.29, 0.717) is 0 Å². The van der Waals surface area contributed by atoms with E-state index in [2.05, 4.69) is 0 Å². The minimum Gasteiger partial charge on any atom is -0.393 e. The van der Waals surface area contributed by atoms with Crippen LogP contribution >= 0.6 is 0 Å². The minimum atomic E-state index is -2.94. The molecular weight excluding hydrogens is 159 g/mol. The van der Waals surface area contributed by atoms with Crippen molar-refractivity contribution in [1.82, 2.24) is 0 Å². The maximum atomic E-state index is 12.4. The van der Waals surface area contributed by atoms with Crippen molar-refractivity contribution in [2.24, 2.45) is 5.92 Å². The van der Waals surface area contributed by atoms with Crippen LogP contribution < -0.4 is 0 Å². The second kappa shape index (κ2) is 2.47. The molecule has 1 heterocycles. The summed E-state index contributed by atoms with van der Waals surface area (Å²) < 4.78 is 33.3. The molecule has 5 heteroatoms. The minimum absolute atomic E-state index is 0.102. The molecule has 0 amide bonds. The Morgan fingerprint density at radius 2 is 2.10 bits per heavy atom. The normalized spacial score (nSPS) is 27.4. The molecule has 1 atom stereocenters. The fourth-order valence-corrected chi connectivity index (χ4v) is 2.59. The zero-order valence-electron chi connectivity index (χ0n) is 5.33. The van der Waals surface area contributed by atoms with E-state index in [9.17, 15) is 12.8 Å². The molecular formula is C5H9FO3S. The topological polar surface area (TPSA) is 54.4 Å². The molecule has 0 radical (unpaired) electrons. The van der Waals surface area contributed by atoms with E-state index in [4.69, 9.17) is 5.11 Å². The van der Waals surface area contributed by atoms with Gasteiger partial charge in [-0.05, 0) is 0 Å². The predicted octanol–water partition coefficient (Wildman–Crippen LogP) is -0.639. The lowest BCUT2D eigenvalue weighted by molar-refractivity contribution is 0.136. The van der Waals surface area contributed by atoms with Crippen LogP contribution in [0.25, 0.3) is 0 Å². The van der Waals surface area contributed by atoms with Crippen LogP contribution in [0.1, 0.15) is 0 Å². The zero-order valence-corrected chi connectivity index (χ0v) is 6.14. The highest BCUT2D eigenvalue weighted by molar-refractivity contribution is 7.92. The highest BCUT2D eigenvalue weighted by Gasteiger charge is 2.38. The van der Waals surface area contributed by atoms with Gasteiger partial charge in [-0.3, -0.25) is 0 Å². The van der Waals surface area contributed by atoms with Crippen LogP contribution in [0.3, 0.4) is 0 Å². The molecule has 0 saturated carbocycles. The van der Waals surface area contributed by atoms with Gasteiger partial charge in [-0.2, -0.15) is 0 Å². The first-order valence-corrected chi connectivity index (χ1v) is 4.82. The summed E-state index contributed by atoms with van der Waals surface area (Å²) >= 11 is 0. The molecule has 1 fully saturated rings. The molecule has 1 aliphatic rings. The van der Waals surface area contributed by atoms with Crippen molar-refractivity contribution >= 4 is 9.84 Å². The van der Waals surface area contributed by atoms with Crippen molar-refractivity contribution in [3.8, 4) is 0 Å². The first kappa shape index (κ1) is 7.94. The summed E-state index contributed by atoms with van der Waals surface area (Å²) in [6, 6.07) is 0.